The van der Waals surface area contributed by atoms with Crippen molar-refractivity contribution in [2.75, 3.05) is 11.1 Å². The van der Waals surface area contributed by atoms with Gasteiger partial charge in [0.1, 0.15) is 0 Å². The van der Waals surface area contributed by atoms with Crippen LogP contribution < -0.4 is 5.32 Å². The third-order valence-corrected chi connectivity index (χ3v) is 4.76. The lowest BCUT2D eigenvalue weighted by Gasteiger charge is -2.10. The van der Waals surface area contributed by atoms with Crippen molar-refractivity contribution in [1.29, 1.82) is 0 Å². The molecule has 0 aliphatic rings. The van der Waals surface area contributed by atoms with Gasteiger partial charge in [0.05, 0.1) is 12.0 Å². The zero-order valence-corrected chi connectivity index (χ0v) is 15.4. The third kappa shape index (κ3) is 3.80. The molecule has 0 unspecified atom stereocenters. The van der Waals surface area contributed by atoms with Crippen molar-refractivity contribution in [3.63, 3.8) is 0 Å². The number of anilines is 1. The molecule has 3 aromatic heterocycles. The molecule has 4 rings (SSSR count). The second-order valence-electron chi connectivity index (χ2n) is 5.86. The van der Waals surface area contributed by atoms with E-state index < -0.39 is 0 Å². The number of aromatic nitrogens is 4. The first-order valence-corrected chi connectivity index (χ1v) is 9.31. The fourth-order valence-electron chi connectivity index (χ4n) is 2.55. The number of hydrogen-bond acceptors (Lipinski definition) is 5. The monoisotopic (exact) mass is 379 g/mol. The van der Waals surface area contributed by atoms with Crippen molar-refractivity contribution in [1.82, 2.24) is 19.5 Å². The van der Waals surface area contributed by atoms with Crippen LogP contribution in [0.2, 0.25) is 0 Å². The highest BCUT2D eigenvalue weighted by molar-refractivity contribution is 7.99. The van der Waals surface area contributed by atoms with E-state index in [1.165, 1.54) is 11.8 Å². The second-order valence-corrected chi connectivity index (χ2v) is 6.80. The number of benzene rings is 1. The molecule has 1 N–H and O–H groups in total. The van der Waals surface area contributed by atoms with E-state index in [0.717, 1.165) is 11.3 Å². The lowest BCUT2D eigenvalue weighted by molar-refractivity contribution is -0.113. The summed E-state index contributed by atoms with van der Waals surface area (Å²) in [6.07, 6.45) is 5.35. The Labute approximate surface area is 160 Å². The predicted octanol–water partition coefficient (Wildman–Crippen LogP) is 3.69. The van der Waals surface area contributed by atoms with Gasteiger partial charge >= 0.3 is 0 Å². The molecule has 0 radical (unpaired) electrons. The van der Waals surface area contributed by atoms with Crippen molar-refractivity contribution in [2.45, 2.75) is 12.1 Å². The lowest BCUT2D eigenvalue weighted by Crippen LogP contribution is -2.15. The van der Waals surface area contributed by atoms with Gasteiger partial charge in [0, 0.05) is 18.1 Å². The van der Waals surface area contributed by atoms with E-state index in [4.69, 9.17) is 4.42 Å². The van der Waals surface area contributed by atoms with E-state index in [2.05, 4.69) is 15.5 Å². The highest BCUT2D eigenvalue weighted by Gasteiger charge is 2.18. The minimum Gasteiger partial charge on any atom is -0.461 e. The molecule has 7 nitrogen and oxygen atoms in total. The molecule has 8 heteroatoms. The Morgan fingerprint density at radius 2 is 1.89 bits per heavy atom. The Morgan fingerprint density at radius 3 is 2.59 bits per heavy atom. The van der Waals surface area contributed by atoms with Crippen LogP contribution in [0.3, 0.4) is 0 Å². The summed E-state index contributed by atoms with van der Waals surface area (Å²) >= 11 is 1.31. The summed E-state index contributed by atoms with van der Waals surface area (Å²) in [5, 5.41) is 11.9. The first-order valence-electron chi connectivity index (χ1n) is 8.33. The van der Waals surface area contributed by atoms with Crippen molar-refractivity contribution < 1.29 is 9.21 Å². The molecule has 0 aliphatic carbocycles. The first kappa shape index (κ1) is 17.2. The molecule has 0 atom stereocenters. The third-order valence-electron chi connectivity index (χ3n) is 3.84. The first-order chi connectivity index (χ1) is 13.2. The van der Waals surface area contributed by atoms with E-state index in [0.29, 0.717) is 16.7 Å². The Morgan fingerprint density at radius 1 is 1.11 bits per heavy atom. The maximum Gasteiger partial charge on any atom is 0.234 e. The van der Waals surface area contributed by atoms with Gasteiger partial charge < -0.3 is 9.73 Å². The van der Waals surface area contributed by atoms with Crippen LogP contribution in [0.4, 0.5) is 5.69 Å². The lowest BCUT2D eigenvalue weighted by atomic mass is 10.2. The molecule has 1 amide bonds. The maximum absolute atomic E-state index is 12.3. The zero-order valence-electron chi connectivity index (χ0n) is 14.6. The summed E-state index contributed by atoms with van der Waals surface area (Å²) < 4.78 is 9.11. The van der Waals surface area contributed by atoms with Gasteiger partial charge in [0.15, 0.2) is 5.76 Å². The SMILES string of the molecule is Cc1ccc(NC(=O)CSc2nnc(-c3ccco3)n2-n2cccc2)cc1. The minimum absolute atomic E-state index is 0.106. The molecular weight excluding hydrogens is 362 g/mol. The average Bonchev–Trinajstić information content (AvgIpc) is 3.42. The highest BCUT2D eigenvalue weighted by Crippen LogP contribution is 2.24. The molecule has 27 heavy (non-hydrogen) atoms. The molecule has 0 saturated carbocycles. The molecule has 136 valence electrons. The fraction of sp³-hybridized carbons (Fsp3) is 0.105. The molecular formula is C19H17N5O2S. The second kappa shape index (κ2) is 7.55. The van der Waals surface area contributed by atoms with Crippen LogP contribution in [0, 0.1) is 6.92 Å². The van der Waals surface area contributed by atoms with Crippen molar-refractivity contribution in [2.24, 2.45) is 0 Å². The maximum atomic E-state index is 12.3. The van der Waals surface area contributed by atoms with Gasteiger partial charge in [-0.2, -0.15) is 0 Å². The number of thioether (sulfide) groups is 1. The molecule has 1 aromatic carbocycles. The molecule has 0 aliphatic heterocycles. The normalized spacial score (nSPS) is 10.9. The predicted molar refractivity (Wildman–Crippen MR) is 103 cm³/mol. The summed E-state index contributed by atoms with van der Waals surface area (Å²) in [5.74, 6) is 1.28. The summed E-state index contributed by atoms with van der Waals surface area (Å²) in [5.41, 5.74) is 1.92. The van der Waals surface area contributed by atoms with Crippen LogP contribution in [0.25, 0.3) is 11.6 Å². The van der Waals surface area contributed by atoms with Gasteiger partial charge in [0.2, 0.25) is 16.9 Å². The van der Waals surface area contributed by atoms with Gasteiger partial charge in [-0.15, -0.1) is 10.2 Å². The summed E-state index contributed by atoms with van der Waals surface area (Å²) in [7, 11) is 0. The number of hydrogen-bond donors (Lipinski definition) is 1. The largest absolute Gasteiger partial charge is 0.461 e. The van der Waals surface area contributed by atoms with E-state index >= 15 is 0 Å². The van der Waals surface area contributed by atoms with Crippen molar-refractivity contribution in [3.05, 3.63) is 72.8 Å². The Balaban J connectivity index is 1.52. The number of aryl methyl sites for hydroxylation is 1. The molecule has 0 saturated heterocycles. The molecule has 0 fully saturated rings. The van der Waals surface area contributed by atoms with Gasteiger partial charge in [-0.1, -0.05) is 29.5 Å². The van der Waals surface area contributed by atoms with Crippen LogP contribution in [-0.4, -0.2) is 31.2 Å². The topological polar surface area (TPSA) is 77.9 Å². The Hall–Kier alpha value is -3.26. The Kier molecular flexibility index (Phi) is 4.80. The number of rotatable bonds is 6. The number of nitrogens with zero attached hydrogens (tertiary/aromatic N) is 4. The summed E-state index contributed by atoms with van der Waals surface area (Å²) in [6.45, 7) is 2.01. The number of furan rings is 1. The molecule has 4 aromatic rings. The standard InChI is InChI=1S/C19H17N5O2S/c1-14-6-8-15(9-7-14)20-17(25)13-27-19-22-21-18(16-5-4-12-26-16)24(19)23-10-2-3-11-23/h2-12H,13H2,1H3,(H,20,25). The highest BCUT2D eigenvalue weighted by atomic mass is 32.2. The van der Waals surface area contributed by atoms with Crippen LogP contribution in [0.5, 0.6) is 0 Å². The summed E-state index contributed by atoms with van der Waals surface area (Å²) in [4.78, 5) is 12.3. The quantitative estimate of drug-likeness (QED) is 0.517. The van der Waals surface area contributed by atoms with E-state index in [9.17, 15) is 4.79 Å². The van der Waals surface area contributed by atoms with E-state index in [-0.39, 0.29) is 11.7 Å². The van der Waals surface area contributed by atoms with Crippen LogP contribution in [-0.2, 0) is 4.79 Å². The van der Waals surface area contributed by atoms with Crippen LogP contribution >= 0.6 is 11.8 Å². The van der Waals surface area contributed by atoms with Crippen molar-refractivity contribution in [3.8, 4) is 11.6 Å². The molecule has 0 bridgehead atoms. The van der Waals surface area contributed by atoms with Gasteiger partial charge in [0.25, 0.3) is 0 Å². The van der Waals surface area contributed by atoms with Gasteiger partial charge in [-0.3, -0.25) is 9.47 Å². The minimum atomic E-state index is -0.106. The number of carbonyl (C=O) groups is 1. The Bertz CT molecular complexity index is 1020. The molecule has 3 heterocycles. The number of carbonyl (C=O) groups excluding carboxylic acids is 1. The van der Waals surface area contributed by atoms with Crippen molar-refractivity contribution >= 4 is 23.4 Å². The van der Waals surface area contributed by atoms with Crippen LogP contribution in [0.1, 0.15) is 5.56 Å². The fourth-order valence-corrected chi connectivity index (χ4v) is 3.28. The number of amides is 1. The smallest absolute Gasteiger partial charge is 0.234 e. The van der Waals surface area contributed by atoms with Crippen LogP contribution in [0.15, 0.2) is 76.8 Å². The average molecular weight is 379 g/mol. The van der Waals surface area contributed by atoms with Gasteiger partial charge in [-0.05, 0) is 43.3 Å². The number of nitrogens with one attached hydrogen (secondary N) is 1. The van der Waals surface area contributed by atoms with E-state index in [1.54, 1.807) is 12.3 Å². The zero-order chi connectivity index (χ0) is 18.6. The summed E-state index contributed by atoms with van der Waals surface area (Å²) in [6, 6.07) is 15.1. The van der Waals surface area contributed by atoms with Gasteiger partial charge in [-0.25, -0.2) is 4.68 Å². The van der Waals surface area contributed by atoms with E-state index in [1.807, 2.05) is 71.1 Å². The molecule has 0 spiro atoms.